The molecule has 0 radical (unpaired) electrons. The van der Waals surface area contributed by atoms with Gasteiger partial charge in [0.15, 0.2) is 0 Å². The molecule has 0 fully saturated rings. The first-order chi connectivity index (χ1) is 15.2. The maximum atomic E-state index is 13.4. The molecule has 1 atom stereocenters. The van der Waals surface area contributed by atoms with Crippen LogP contribution >= 0.6 is 0 Å². The van der Waals surface area contributed by atoms with E-state index in [2.05, 4.69) is 4.74 Å². The van der Waals surface area contributed by atoms with Crippen LogP contribution in [0.3, 0.4) is 0 Å². The van der Waals surface area contributed by atoms with E-state index >= 15 is 0 Å². The van der Waals surface area contributed by atoms with E-state index in [9.17, 15) is 18.0 Å². The molecule has 0 unspecified atom stereocenters. The monoisotopic (exact) mass is 442 g/mol. The second kappa shape index (κ2) is 9.87. The number of carbonyl (C=O) groups excluding carboxylic acids is 1. The summed E-state index contributed by atoms with van der Waals surface area (Å²) >= 11 is 0. The van der Waals surface area contributed by atoms with Crippen LogP contribution in [0.5, 0.6) is 5.75 Å². The lowest BCUT2D eigenvalue weighted by Gasteiger charge is -2.27. The third kappa shape index (κ3) is 5.88. The summed E-state index contributed by atoms with van der Waals surface area (Å²) in [5.41, 5.74) is 9.97. The van der Waals surface area contributed by atoms with Crippen LogP contribution in [0.4, 0.5) is 18.9 Å². The number of carbonyl (C=O) groups is 1. The maximum Gasteiger partial charge on any atom is 0.573 e. The van der Waals surface area contributed by atoms with Gasteiger partial charge in [0.1, 0.15) is 11.8 Å². The van der Waals surface area contributed by atoms with E-state index in [1.54, 1.807) is 36.4 Å². The van der Waals surface area contributed by atoms with Crippen LogP contribution in [-0.4, -0.2) is 18.8 Å². The first-order valence-corrected chi connectivity index (χ1v) is 10.2. The molecule has 3 aromatic rings. The van der Waals surface area contributed by atoms with Gasteiger partial charge >= 0.3 is 6.36 Å². The van der Waals surface area contributed by atoms with Crippen molar-refractivity contribution in [1.29, 1.82) is 0 Å². The SMILES string of the molecule is Cc1ccc(N(CCc2ccccc2OC(F)(F)F)C(=O)[C@@H](N)c2ccccc2)cc1C. The van der Waals surface area contributed by atoms with Crippen LogP contribution in [0.2, 0.25) is 0 Å². The van der Waals surface area contributed by atoms with Crippen LogP contribution in [-0.2, 0) is 11.2 Å². The predicted octanol–water partition coefficient (Wildman–Crippen LogP) is 5.48. The Morgan fingerprint density at radius 1 is 0.969 bits per heavy atom. The smallest absolute Gasteiger partial charge is 0.406 e. The van der Waals surface area contributed by atoms with Crippen LogP contribution < -0.4 is 15.4 Å². The number of alkyl halides is 3. The Hall–Kier alpha value is -3.32. The Morgan fingerprint density at radius 2 is 1.62 bits per heavy atom. The molecule has 4 nitrogen and oxygen atoms in total. The van der Waals surface area contributed by atoms with Crippen LogP contribution in [0.1, 0.15) is 28.3 Å². The van der Waals surface area contributed by atoms with E-state index in [0.717, 1.165) is 11.1 Å². The minimum Gasteiger partial charge on any atom is -0.406 e. The average Bonchev–Trinajstić information content (AvgIpc) is 2.76. The fourth-order valence-electron chi connectivity index (χ4n) is 3.40. The number of rotatable bonds is 7. The minimum atomic E-state index is -4.80. The number of anilines is 1. The van der Waals surface area contributed by atoms with Gasteiger partial charge < -0.3 is 15.4 Å². The highest BCUT2D eigenvalue weighted by molar-refractivity contribution is 5.97. The quantitative estimate of drug-likeness (QED) is 0.527. The van der Waals surface area contributed by atoms with Gasteiger partial charge in [-0.25, -0.2) is 0 Å². The van der Waals surface area contributed by atoms with E-state index in [-0.39, 0.29) is 24.6 Å². The van der Waals surface area contributed by atoms with Crippen molar-refractivity contribution in [2.24, 2.45) is 5.73 Å². The zero-order valence-electron chi connectivity index (χ0n) is 17.9. The molecule has 0 aliphatic rings. The Balaban J connectivity index is 1.90. The summed E-state index contributed by atoms with van der Waals surface area (Å²) in [7, 11) is 0. The standard InChI is InChI=1S/C25H25F3N2O2/c1-17-12-13-21(16-18(17)2)30(24(31)23(29)20-9-4-3-5-10-20)15-14-19-8-6-7-11-22(19)32-25(26,27)28/h3-13,16,23H,14-15,29H2,1-2H3/t23-/m0/s1. The van der Waals surface area contributed by atoms with E-state index in [0.29, 0.717) is 16.8 Å². The second-order valence-electron chi connectivity index (χ2n) is 7.55. The van der Waals surface area contributed by atoms with Gasteiger partial charge in [-0.15, -0.1) is 13.2 Å². The number of hydrogen-bond donors (Lipinski definition) is 1. The summed E-state index contributed by atoms with van der Waals surface area (Å²) in [6.07, 6.45) is -4.64. The topological polar surface area (TPSA) is 55.6 Å². The number of nitrogens with zero attached hydrogens (tertiary/aromatic N) is 1. The third-order valence-corrected chi connectivity index (χ3v) is 5.30. The molecule has 0 saturated heterocycles. The fourth-order valence-corrected chi connectivity index (χ4v) is 3.40. The van der Waals surface area contributed by atoms with E-state index < -0.39 is 12.4 Å². The molecule has 0 aliphatic heterocycles. The molecule has 7 heteroatoms. The van der Waals surface area contributed by atoms with Gasteiger partial charge in [0.05, 0.1) is 0 Å². The predicted molar refractivity (Wildman–Crippen MR) is 118 cm³/mol. The minimum absolute atomic E-state index is 0.139. The molecule has 3 aromatic carbocycles. The van der Waals surface area contributed by atoms with Crippen LogP contribution in [0.25, 0.3) is 0 Å². The molecular weight excluding hydrogens is 417 g/mol. The Bertz CT molecular complexity index is 1070. The van der Waals surface area contributed by atoms with Crippen molar-refractivity contribution < 1.29 is 22.7 Å². The Morgan fingerprint density at radius 3 is 2.28 bits per heavy atom. The first-order valence-electron chi connectivity index (χ1n) is 10.2. The highest BCUT2D eigenvalue weighted by Gasteiger charge is 2.32. The lowest BCUT2D eigenvalue weighted by molar-refractivity contribution is -0.274. The number of amides is 1. The molecule has 0 aromatic heterocycles. The lowest BCUT2D eigenvalue weighted by Crippen LogP contribution is -2.40. The largest absolute Gasteiger partial charge is 0.573 e. The van der Waals surface area contributed by atoms with Crippen molar-refractivity contribution in [3.63, 3.8) is 0 Å². The van der Waals surface area contributed by atoms with Gasteiger partial charge in [0, 0.05) is 12.2 Å². The zero-order valence-corrected chi connectivity index (χ0v) is 17.9. The molecule has 0 aliphatic carbocycles. The Kier molecular flexibility index (Phi) is 7.20. The molecule has 0 heterocycles. The van der Waals surface area contributed by atoms with Crippen molar-refractivity contribution in [2.45, 2.75) is 32.7 Å². The van der Waals surface area contributed by atoms with Crippen molar-refractivity contribution in [2.75, 3.05) is 11.4 Å². The summed E-state index contributed by atoms with van der Waals surface area (Å²) in [6, 6.07) is 19.6. The van der Waals surface area contributed by atoms with Gasteiger partial charge in [-0.2, -0.15) is 0 Å². The average molecular weight is 442 g/mol. The van der Waals surface area contributed by atoms with Crippen LogP contribution in [0.15, 0.2) is 72.8 Å². The summed E-state index contributed by atoms with van der Waals surface area (Å²) in [5.74, 6) is -0.617. The summed E-state index contributed by atoms with van der Waals surface area (Å²) in [5, 5.41) is 0. The van der Waals surface area contributed by atoms with Gasteiger partial charge in [0.2, 0.25) is 5.91 Å². The summed E-state index contributed by atoms with van der Waals surface area (Å²) in [4.78, 5) is 14.9. The molecule has 2 N–H and O–H groups in total. The van der Waals surface area contributed by atoms with Crippen molar-refractivity contribution in [3.05, 3.63) is 95.1 Å². The highest BCUT2D eigenvalue weighted by Crippen LogP contribution is 2.28. The number of benzene rings is 3. The van der Waals surface area contributed by atoms with E-state index in [1.165, 1.54) is 17.0 Å². The molecule has 1 amide bonds. The number of nitrogens with two attached hydrogens (primary N) is 1. The van der Waals surface area contributed by atoms with Crippen molar-refractivity contribution in [1.82, 2.24) is 0 Å². The van der Waals surface area contributed by atoms with Crippen molar-refractivity contribution >= 4 is 11.6 Å². The molecular formula is C25H25F3N2O2. The van der Waals surface area contributed by atoms with Crippen molar-refractivity contribution in [3.8, 4) is 5.75 Å². The first kappa shape index (κ1) is 23.3. The number of halogens is 3. The van der Waals surface area contributed by atoms with E-state index in [1.807, 2.05) is 38.1 Å². The number of ether oxygens (including phenoxy) is 1. The molecule has 168 valence electrons. The normalized spacial score (nSPS) is 12.3. The number of para-hydroxylation sites is 1. The van der Waals surface area contributed by atoms with Gasteiger partial charge in [-0.3, -0.25) is 4.79 Å². The van der Waals surface area contributed by atoms with Crippen LogP contribution in [0, 0.1) is 13.8 Å². The molecule has 0 bridgehead atoms. The fraction of sp³-hybridized carbons (Fsp3) is 0.240. The lowest BCUT2D eigenvalue weighted by atomic mass is 10.0. The highest BCUT2D eigenvalue weighted by atomic mass is 19.4. The number of hydrogen-bond acceptors (Lipinski definition) is 3. The third-order valence-electron chi connectivity index (χ3n) is 5.30. The maximum absolute atomic E-state index is 13.4. The molecule has 3 rings (SSSR count). The molecule has 0 saturated carbocycles. The Labute approximate surface area is 185 Å². The summed E-state index contributed by atoms with van der Waals surface area (Å²) < 4.78 is 42.5. The summed E-state index contributed by atoms with van der Waals surface area (Å²) in [6.45, 7) is 4.04. The zero-order chi connectivity index (χ0) is 23.3. The van der Waals surface area contributed by atoms with Gasteiger partial charge in [-0.1, -0.05) is 54.6 Å². The number of aryl methyl sites for hydroxylation is 2. The van der Waals surface area contributed by atoms with Gasteiger partial charge in [-0.05, 0) is 60.7 Å². The second-order valence-corrected chi connectivity index (χ2v) is 7.55. The van der Waals surface area contributed by atoms with E-state index in [4.69, 9.17) is 5.73 Å². The molecule has 32 heavy (non-hydrogen) atoms. The van der Waals surface area contributed by atoms with Gasteiger partial charge in [0.25, 0.3) is 0 Å². The molecule has 0 spiro atoms.